The summed E-state index contributed by atoms with van der Waals surface area (Å²) in [6, 6.07) is 9.09. The Balaban J connectivity index is 2.01. The van der Waals surface area contributed by atoms with Gasteiger partial charge in [0.25, 0.3) is 0 Å². The normalized spacial score (nSPS) is 29.7. The van der Waals surface area contributed by atoms with Gasteiger partial charge >= 0.3 is 5.97 Å². The quantitative estimate of drug-likeness (QED) is 0.240. The monoisotopic (exact) mass is 560 g/mol. The third-order valence-electron chi connectivity index (χ3n) is 9.96. The minimum absolute atomic E-state index is 0.0366. The van der Waals surface area contributed by atoms with Gasteiger partial charge in [0, 0.05) is 11.5 Å². The number of rotatable bonds is 9. The minimum atomic E-state index is -1.42. The molecule has 6 heteroatoms. The maximum absolute atomic E-state index is 14.7. The molecule has 0 amide bonds. The van der Waals surface area contributed by atoms with E-state index in [1.165, 1.54) is 0 Å². The summed E-state index contributed by atoms with van der Waals surface area (Å²) in [6.45, 7) is 17.9. The Kier molecular flexibility index (Phi) is 8.28. The van der Waals surface area contributed by atoms with Crippen molar-refractivity contribution < 1.29 is 29.3 Å². The van der Waals surface area contributed by atoms with Crippen LogP contribution in [0.5, 0.6) is 0 Å². The number of carboxylic acid groups (broad SMARTS) is 1. The van der Waals surface area contributed by atoms with E-state index >= 15 is 0 Å². The second-order valence-electron chi connectivity index (χ2n) is 13.3. The van der Waals surface area contributed by atoms with E-state index in [1.54, 1.807) is 13.8 Å². The summed E-state index contributed by atoms with van der Waals surface area (Å²) >= 11 is 0. The standard InChI is InChI=1S/C35H44O6/c1-19(2)14-15-35(18-24-16-26(20(3)4)34(24,7)8)32(39)28(25(17-27(36)37)23-12-10-9-11-13-23)31-29(33(35)40)30(38)21(5)22(6)41-31/h9-14,21-22,24-26,39H,3,15-18H2,1-2,4-8H3,(H,36,37). The van der Waals surface area contributed by atoms with E-state index in [9.17, 15) is 24.6 Å². The maximum atomic E-state index is 14.7. The Morgan fingerprint density at radius 3 is 2.32 bits per heavy atom. The van der Waals surface area contributed by atoms with Crippen molar-refractivity contribution >= 4 is 17.5 Å². The summed E-state index contributed by atoms with van der Waals surface area (Å²) in [5, 5.41) is 22.4. The van der Waals surface area contributed by atoms with Crippen LogP contribution < -0.4 is 0 Å². The molecule has 2 aliphatic carbocycles. The first-order valence-electron chi connectivity index (χ1n) is 14.6. The number of ketones is 2. The molecule has 0 spiro atoms. The molecule has 1 aliphatic heterocycles. The van der Waals surface area contributed by atoms with Gasteiger partial charge in [-0.05, 0) is 69.8 Å². The maximum Gasteiger partial charge on any atom is 0.304 e. The lowest BCUT2D eigenvalue weighted by atomic mass is 9.48. The smallest absolute Gasteiger partial charge is 0.304 e. The molecule has 2 N–H and O–H groups in total. The molecule has 0 saturated heterocycles. The van der Waals surface area contributed by atoms with Crippen LogP contribution in [-0.2, 0) is 19.1 Å². The van der Waals surface area contributed by atoms with Crippen LogP contribution in [0.25, 0.3) is 0 Å². The number of allylic oxidation sites excluding steroid dienone is 6. The number of carboxylic acids is 1. The predicted octanol–water partition coefficient (Wildman–Crippen LogP) is 7.49. The van der Waals surface area contributed by atoms with E-state index < -0.39 is 35.1 Å². The summed E-state index contributed by atoms with van der Waals surface area (Å²) in [7, 11) is 0. The van der Waals surface area contributed by atoms with Crippen molar-refractivity contribution in [3.05, 3.63) is 82.4 Å². The fourth-order valence-corrected chi connectivity index (χ4v) is 7.05. The lowest BCUT2D eigenvalue weighted by Gasteiger charge is -2.56. The van der Waals surface area contributed by atoms with Gasteiger partial charge in [-0.2, -0.15) is 0 Å². The van der Waals surface area contributed by atoms with Crippen molar-refractivity contribution in [1.82, 2.24) is 0 Å². The second-order valence-corrected chi connectivity index (χ2v) is 13.3. The van der Waals surface area contributed by atoms with Gasteiger partial charge in [0.1, 0.15) is 23.2 Å². The van der Waals surface area contributed by atoms with Crippen LogP contribution in [-0.4, -0.2) is 33.9 Å². The molecule has 41 heavy (non-hydrogen) atoms. The van der Waals surface area contributed by atoms with Gasteiger partial charge in [0.15, 0.2) is 11.6 Å². The van der Waals surface area contributed by atoms with Crippen molar-refractivity contribution in [2.45, 2.75) is 86.2 Å². The zero-order chi connectivity index (χ0) is 30.4. The molecule has 6 unspecified atom stereocenters. The van der Waals surface area contributed by atoms with Crippen LogP contribution in [0, 0.1) is 28.6 Å². The number of carbonyl (C=O) groups excluding carboxylic acids is 2. The number of ether oxygens (including phenoxy) is 1. The number of hydrogen-bond donors (Lipinski definition) is 2. The van der Waals surface area contributed by atoms with Gasteiger partial charge < -0.3 is 14.9 Å². The number of aliphatic hydroxyl groups is 1. The molecule has 1 heterocycles. The average Bonchev–Trinajstić information content (AvgIpc) is 2.89. The summed E-state index contributed by atoms with van der Waals surface area (Å²) in [4.78, 5) is 40.8. The first-order valence-corrected chi connectivity index (χ1v) is 14.6. The van der Waals surface area contributed by atoms with Crippen LogP contribution >= 0.6 is 0 Å². The first kappa shape index (κ1) is 30.5. The van der Waals surface area contributed by atoms with Crippen LogP contribution in [0.15, 0.2) is 76.8 Å². The molecule has 1 fully saturated rings. The van der Waals surface area contributed by atoms with E-state index in [4.69, 9.17) is 4.74 Å². The fraction of sp³-hybridized carbons (Fsp3) is 0.514. The number of benzene rings is 1. The highest BCUT2D eigenvalue weighted by molar-refractivity contribution is 6.25. The van der Waals surface area contributed by atoms with E-state index in [2.05, 4.69) is 20.4 Å². The van der Waals surface area contributed by atoms with E-state index in [-0.39, 0.29) is 58.5 Å². The van der Waals surface area contributed by atoms with Crippen LogP contribution in [0.2, 0.25) is 0 Å². The van der Waals surface area contributed by atoms with Crippen LogP contribution in [0.3, 0.4) is 0 Å². The number of Topliss-reactive ketones (excluding diaryl/α,β-unsaturated/α-hetero) is 2. The molecule has 0 radical (unpaired) electrons. The topological polar surface area (TPSA) is 101 Å². The number of hydrogen-bond acceptors (Lipinski definition) is 5. The molecular weight excluding hydrogens is 516 g/mol. The Labute approximate surface area is 243 Å². The highest BCUT2D eigenvalue weighted by atomic mass is 16.5. The van der Waals surface area contributed by atoms with Gasteiger partial charge in [0.2, 0.25) is 0 Å². The van der Waals surface area contributed by atoms with Crippen molar-refractivity contribution in [2.75, 3.05) is 0 Å². The molecule has 0 aromatic heterocycles. The number of aliphatic hydroxyl groups excluding tert-OH is 1. The lowest BCUT2D eigenvalue weighted by Crippen LogP contribution is -2.52. The van der Waals surface area contributed by atoms with Gasteiger partial charge in [0.05, 0.1) is 17.8 Å². The van der Waals surface area contributed by atoms with Crippen molar-refractivity contribution in [2.24, 2.45) is 28.6 Å². The Morgan fingerprint density at radius 1 is 1.15 bits per heavy atom. The highest BCUT2D eigenvalue weighted by Crippen LogP contribution is 2.61. The molecule has 6 atom stereocenters. The number of aliphatic carboxylic acids is 1. The van der Waals surface area contributed by atoms with Gasteiger partial charge in [-0.25, -0.2) is 0 Å². The first-order chi connectivity index (χ1) is 19.1. The largest absolute Gasteiger partial charge is 0.511 e. The second kappa shape index (κ2) is 11.1. The Hall–Kier alpha value is -3.41. The predicted molar refractivity (Wildman–Crippen MR) is 159 cm³/mol. The molecule has 6 nitrogen and oxygen atoms in total. The van der Waals surface area contributed by atoms with E-state index in [0.29, 0.717) is 12.0 Å². The van der Waals surface area contributed by atoms with Crippen LogP contribution in [0.4, 0.5) is 0 Å². The lowest BCUT2D eigenvalue weighted by molar-refractivity contribution is -0.137. The van der Waals surface area contributed by atoms with Crippen molar-refractivity contribution in [3.63, 3.8) is 0 Å². The summed E-state index contributed by atoms with van der Waals surface area (Å²) in [5.74, 6) is -2.92. The number of carbonyl (C=O) groups is 3. The molecule has 1 saturated carbocycles. The zero-order valence-corrected chi connectivity index (χ0v) is 25.4. The molecule has 1 aromatic rings. The van der Waals surface area contributed by atoms with E-state index in [1.807, 2.05) is 57.2 Å². The van der Waals surface area contributed by atoms with Crippen molar-refractivity contribution in [1.29, 1.82) is 0 Å². The molecule has 220 valence electrons. The molecule has 0 bridgehead atoms. The summed E-state index contributed by atoms with van der Waals surface area (Å²) < 4.78 is 6.26. The van der Waals surface area contributed by atoms with Gasteiger partial charge in [-0.15, -0.1) is 0 Å². The van der Waals surface area contributed by atoms with Crippen molar-refractivity contribution in [3.8, 4) is 0 Å². The third-order valence-corrected chi connectivity index (χ3v) is 9.96. The molecule has 4 rings (SSSR count). The summed E-state index contributed by atoms with van der Waals surface area (Å²) in [5.41, 5.74) is 1.38. The van der Waals surface area contributed by atoms with Gasteiger partial charge in [-0.3, -0.25) is 14.4 Å². The van der Waals surface area contributed by atoms with Gasteiger partial charge in [-0.1, -0.05) is 74.9 Å². The fourth-order valence-electron chi connectivity index (χ4n) is 7.05. The van der Waals surface area contributed by atoms with Crippen LogP contribution in [0.1, 0.15) is 85.6 Å². The highest BCUT2D eigenvalue weighted by Gasteiger charge is 2.59. The zero-order valence-electron chi connectivity index (χ0n) is 25.4. The average molecular weight is 561 g/mol. The summed E-state index contributed by atoms with van der Waals surface area (Å²) in [6.07, 6.45) is 2.44. The molecule has 1 aromatic carbocycles. The SMILES string of the molecule is C=C(C)C1CC(CC2(CC=C(C)C)C(=O)C3=C(OC(C)C(C)C3=O)C(C(CC(=O)O)c3ccccc3)=C2O)C1(C)C. The Bertz CT molecular complexity index is 1360. The Morgan fingerprint density at radius 2 is 1.78 bits per heavy atom. The minimum Gasteiger partial charge on any atom is -0.511 e. The third kappa shape index (κ3) is 5.22. The van der Waals surface area contributed by atoms with E-state index in [0.717, 1.165) is 17.6 Å². The molecular formula is C35H44O6. The molecule has 3 aliphatic rings.